The molecule has 34 heavy (non-hydrogen) atoms. The summed E-state index contributed by atoms with van der Waals surface area (Å²) >= 11 is 1.14. The van der Waals surface area contributed by atoms with Crippen LogP contribution in [0.2, 0.25) is 0 Å². The molecule has 7 nitrogen and oxygen atoms in total. The highest BCUT2D eigenvalue weighted by Gasteiger charge is 2.30. The second kappa shape index (κ2) is 8.13. The van der Waals surface area contributed by atoms with Gasteiger partial charge >= 0.3 is 0 Å². The SMILES string of the molecule is Cc1ccc2c(-c3cc4c(n(CC5CC5)c3=O)CCN(C(=O)c3snnc3C)C4)cccc2n1. The van der Waals surface area contributed by atoms with Gasteiger partial charge in [0.25, 0.3) is 11.5 Å². The molecule has 8 heteroatoms. The maximum absolute atomic E-state index is 13.8. The van der Waals surface area contributed by atoms with Gasteiger partial charge in [0.2, 0.25) is 0 Å². The van der Waals surface area contributed by atoms with E-state index in [4.69, 9.17) is 0 Å². The maximum atomic E-state index is 13.8. The van der Waals surface area contributed by atoms with Gasteiger partial charge in [-0.1, -0.05) is 22.7 Å². The summed E-state index contributed by atoms with van der Waals surface area (Å²) in [6.45, 7) is 5.61. The van der Waals surface area contributed by atoms with Gasteiger partial charge in [0.15, 0.2) is 0 Å². The van der Waals surface area contributed by atoms with Gasteiger partial charge in [-0.3, -0.25) is 14.6 Å². The summed E-state index contributed by atoms with van der Waals surface area (Å²) in [5, 5.41) is 4.97. The molecule has 0 spiro atoms. The molecule has 0 unspecified atom stereocenters. The smallest absolute Gasteiger partial charge is 0.267 e. The van der Waals surface area contributed by atoms with Gasteiger partial charge in [-0.25, -0.2) is 0 Å². The van der Waals surface area contributed by atoms with E-state index >= 15 is 0 Å². The van der Waals surface area contributed by atoms with Crippen LogP contribution < -0.4 is 5.56 Å². The van der Waals surface area contributed by atoms with Gasteiger partial charge in [0.05, 0.1) is 11.2 Å². The van der Waals surface area contributed by atoms with Crippen molar-refractivity contribution < 1.29 is 4.79 Å². The minimum absolute atomic E-state index is 0.0375. The van der Waals surface area contributed by atoms with E-state index in [0.29, 0.717) is 41.6 Å². The lowest BCUT2D eigenvalue weighted by Gasteiger charge is -2.31. The Bertz CT molecular complexity index is 1500. The average molecular weight is 472 g/mol. The van der Waals surface area contributed by atoms with Crippen LogP contribution in [0.25, 0.3) is 22.0 Å². The number of benzene rings is 1. The first-order chi connectivity index (χ1) is 16.5. The first kappa shape index (κ1) is 21.2. The van der Waals surface area contributed by atoms with Crippen molar-refractivity contribution in [2.24, 2.45) is 5.92 Å². The van der Waals surface area contributed by atoms with Crippen LogP contribution in [0, 0.1) is 19.8 Å². The van der Waals surface area contributed by atoms with Gasteiger partial charge in [-0.2, -0.15) is 0 Å². The van der Waals surface area contributed by atoms with Crippen LogP contribution in [0.15, 0.2) is 41.2 Å². The van der Waals surface area contributed by atoms with Crippen molar-refractivity contribution in [1.82, 2.24) is 24.0 Å². The number of amides is 1. The number of aromatic nitrogens is 4. The van der Waals surface area contributed by atoms with Crippen LogP contribution in [0.5, 0.6) is 0 Å². The van der Waals surface area contributed by atoms with Crippen molar-refractivity contribution in [2.45, 2.75) is 46.2 Å². The average Bonchev–Trinajstić information content (AvgIpc) is 3.56. The van der Waals surface area contributed by atoms with Crippen molar-refractivity contribution in [3.8, 4) is 11.1 Å². The lowest BCUT2D eigenvalue weighted by atomic mass is 9.96. The number of rotatable bonds is 4. The zero-order valence-electron chi connectivity index (χ0n) is 19.2. The molecule has 6 rings (SSSR count). The summed E-state index contributed by atoms with van der Waals surface area (Å²) in [6, 6.07) is 12.0. The zero-order valence-corrected chi connectivity index (χ0v) is 20.1. The van der Waals surface area contributed by atoms with Gasteiger partial charge < -0.3 is 9.47 Å². The fourth-order valence-corrected chi connectivity index (χ4v) is 5.52. The molecular weight excluding hydrogens is 446 g/mol. The van der Waals surface area contributed by atoms with Crippen molar-refractivity contribution in [2.75, 3.05) is 6.54 Å². The third kappa shape index (κ3) is 3.62. The van der Waals surface area contributed by atoms with E-state index in [1.54, 1.807) is 0 Å². The molecule has 1 amide bonds. The molecule has 1 aliphatic carbocycles. The maximum Gasteiger partial charge on any atom is 0.267 e. The fraction of sp³-hybridized carbons (Fsp3) is 0.346. The number of pyridine rings is 2. The zero-order chi connectivity index (χ0) is 23.4. The van der Waals surface area contributed by atoms with E-state index in [2.05, 4.69) is 14.6 Å². The Morgan fingerprint density at radius 3 is 2.76 bits per heavy atom. The van der Waals surface area contributed by atoms with E-state index in [0.717, 1.165) is 51.5 Å². The monoisotopic (exact) mass is 471 g/mol. The van der Waals surface area contributed by atoms with Crippen LogP contribution >= 0.6 is 11.5 Å². The Kier molecular flexibility index (Phi) is 5.06. The highest BCUT2D eigenvalue weighted by molar-refractivity contribution is 7.07. The second-order valence-electron chi connectivity index (χ2n) is 9.38. The normalized spacial score (nSPS) is 15.5. The van der Waals surface area contributed by atoms with Gasteiger partial charge in [0, 0.05) is 48.4 Å². The molecular formula is C26H25N5O2S. The molecule has 3 aromatic heterocycles. The number of nitrogens with zero attached hydrogens (tertiary/aromatic N) is 5. The first-order valence-electron chi connectivity index (χ1n) is 11.7. The molecule has 172 valence electrons. The first-order valence-corrected chi connectivity index (χ1v) is 12.5. The summed E-state index contributed by atoms with van der Waals surface area (Å²) in [4.78, 5) is 34.1. The fourth-order valence-electron chi connectivity index (χ4n) is 4.90. The molecule has 1 fully saturated rings. The van der Waals surface area contributed by atoms with Crippen LogP contribution in [-0.2, 0) is 19.5 Å². The van der Waals surface area contributed by atoms with Crippen LogP contribution in [0.3, 0.4) is 0 Å². The summed E-state index contributed by atoms with van der Waals surface area (Å²) in [5.74, 6) is 0.531. The molecule has 2 aliphatic rings. The summed E-state index contributed by atoms with van der Waals surface area (Å²) in [6.07, 6.45) is 3.02. The minimum Gasteiger partial charge on any atom is -0.333 e. The molecule has 4 aromatic rings. The van der Waals surface area contributed by atoms with E-state index in [9.17, 15) is 9.59 Å². The number of fused-ring (bicyclic) bond motifs is 2. The summed E-state index contributed by atoms with van der Waals surface area (Å²) < 4.78 is 5.92. The minimum atomic E-state index is -0.0375. The van der Waals surface area contributed by atoms with Crippen LogP contribution in [-0.4, -0.2) is 36.5 Å². The predicted octanol–water partition coefficient (Wildman–Crippen LogP) is 4.14. The molecule has 0 radical (unpaired) electrons. The van der Waals surface area contributed by atoms with Gasteiger partial charge in [-0.15, -0.1) is 5.10 Å². The van der Waals surface area contributed by atoms with Gasteiger partial charge in [-0.05, 0) is 73.5 Å². The van der Waals surface area contributed by atoms with Crippen molar-refractivity contribution in [3.63, 3.8) is 0 Å². The third-order valence-electron chi connectivity index (χ3n) is 6.90. The number of aryl methyl sites for hydroxylation is 2. The standard InChI is InChI=1S/C26H25N5O2S/c1-15-6-9-20-19(4-3-5-22(20)27-15)21-12-18-14-30(26(33)24-16(2)28-29-34-24)11-10-23(18)31(25(21)32)13-17-7-8-17/h3-6,9,12,17H,7-8,10-11,13-14H2,1-2H3. The lowest BCUT2D eigenvalue weighted by Crippen LogP contribution is -2.39. The van der Waals surface area contributed by atoms with Crippen molar-refractivity contribution in [3.05, 3.63) is 74.3 Å². The Labute approximate surface area is 201 Å². The van der Waals surface area contributed by atoms with E-state index in [-0.39, 0.29) is 11.5 Å². The Morgan fingerprint density at radius 2 is 2.00 bits per heavy atom. The number of carbonyl (C=O) groups is 1. The summed E-state index contributed by atoms with van der Waals surface area (Å²) in [7, 11) is 0. The number of carbonyl (C=O) groups excluding carboxylic acids is 1. The third-order valence-corrected chi connectivity index (χ3v) is 7.72. The quantitative estimate of drug-likeness (QED) is 0.447. The number of hydrogen-bond acceptors (Lipinski definition) is 6. The van der Waals surface area contributed by atoms with E-state index in [1.165, 1.54) is 12.8 Å². The lowest BCUT2D eigenvalue weighted by molar-refractivity contribution is 0.0736. The Hall–Kier alpha value is -3.39. The molecule has 0 saturated heterocycles. The topological polar surface area (TPSA) is 81.0 Å². The van der Waals surface area contributed by atoms with Gasteiger partial charge in [0.1, 0.15) is 4.88 Å². The highest BCUT2D eigenvalue weighted by Crippen LogP contribution is 2.34. The molecule has 0 bridgehead atoms. The molecule has 1 aromatic carbocycles. The molecule has 1 saturated carbocycles. The van der Waals surface area contributed by atoms with E-state index in [1.807, 2.05) is 59.7 Å². The molecule has 0 N–H and O–H groups in total. The molecule has 4 heterocycles. The predicted molar refractivity (Wildman–Crippen MR) is 132 cm³/mol. The van der Waals surface area contributed by atoms with Crippen LogP contribution in [0.1, 0.15) is 45.2 Å². The van der Waals surface area contributed by atoms with Crippen molar-refractivity contribution in [1.29, 1.82) is 0 Å². The largest absolute Gasteiger partial charge is 0.333 e. The second-order valence-corrected chi connectivity index (χ2v) is 10.1. The number of hydrogen-bond donors (Lipinski definition) is 0. The van der Waals surface area contributed by atoms with E-state index < -0.39 is 0 Å². The summed E-state index contributed by atoms with van der Waals surface area (Å²) in [5.41, 5.74) is 6.24. The van der Waals surface area contributed by atoms with Crippen LogP contribution in [0.4, 0.5) is 0 Å². The van der Waals surface area contributed by atoms with Crippen molar-refractivity contribution >= 4 is 28.3 Å². The Balaban J connectivity index is 1.48. The highest BCUT2D eigenvalue weighted by atomic mass is 32.1. The Morgan fingerprint density at radius 1 is 1.15 bits per heavy atom. The molecule has 1 aliphatic heterocycles. The molecule has 0 atom stereocenters.